The summed E-state index contributed by atoms with van der Waals surface area (Å²) in [4.78, 5) is 10.7. The summed E-state index contributed by atoms with van der Waals surface area (Å²) in [5.41, 5.74) is 1.31. The zero-order chi connectivity index (χ0) is 21.2. The number of sulfonamides is 1. The monoisotopic (exact) mass is 432 g/mol. The molecule has 0 aromatic heterocycles. The van der Waals surface area contributed by atoms with Gasteiger partial charge in [-0.1, -0.05) is 41.4 Å². The molecule has 0 spiro atoms. The first kappa shape index (κ1) is 20.6. The second-order valence-corrected chi connectivity index (χ2v) is 8.47. The lowest BCUT2D eigenvalue weighted by molar-refractivity contribution is -0.384. The topological polar surface area (TPSA) is 98.5 Å². The van der Waals surface area contributed by atoms with E-state index in [4.69, 9.17) is 16.3 Å². The molecule has 3 aromatic carbocycles. The Labute approximate surface area is 173 Å². The van der Waals surface area contributed by atoms with Crippen LogP contribution in [0.5, 0.6) is 11.5 Å². The van der Waals surface area contributed by atoms with Crippen LogP contribution in [0, 0.1) is 24.0 Å². The average molecular weight is 433 g/mol. The van der Waals surface area contributed by atoms with Crippen molar-refractivity contribution >= 4 is 33.0 Å². The van der Waals surface area contributed by atoms with Gasteiger partial charge in [-0.05, 0) is 37.6 Å². The SMILES string of the molecule is Cc1ccc(S(=O)(=O)Nc2cc(Oc3c(C)cccc3Cl)cc([N+](=O)[O-])c2)cc1. The Kier molecular flexibility index (Phi) is 5.76. The minimum atomic E-state index is -3.93. The molecule has 0 saturated carbocycles. The maximum absolute atomic E-state index is 12.6. The molecule has 0 bridgehead atoms. The molecule has 0 amide bonds. The van der Waals surface area contributed by atoms with Gasteiger partial charge in [-0.15, -0.1) is 0 Å². The molecule has 9 heteroatoms. The van der Waals surface area contributed by atoms with Crippen LogP contribution in [0.25, 0.3) is 0 Å². The Balaban J connectivity index is 1.99. The van der Waals surface area contributed by atoms with Crippen LogP contribution in [0.2, 0.25) is 5.02 Å². The van der Waals surface area contributed by atoms with Gasteiger partial charge in [-0.2, -0.15) is 0 Å². The number of nitro benzene ring substituents is 1. The molecule has 0 aliphatic heterocycles. The molecule has 0 aliphatic rings. The van der Waals surface area contributed by atoms with Crippen molar-refractivity contribution in [2.75, 3.05) is 4.72 Å². The number of rotatable bonds is 6. The van der Waals surface area contributed by atoms with Crippen LogP contribution < -0.4 is 9.46 Å². The number of para-hydroxylation sites is 1. The molecule has 3 aromatic rings. The molecule has 0 heterocycles. The van der Waals surface area contributed by atoms with Crippen molar-refractivity contribution in [2.45, 2.75) is 18.7 Å². The Morgan fingerprint density at radius 1 is 1.03 bits per heavy atom. The fourth-order valence-electron chi connectivity index (χ4n) is 2.60. The first-order chi connectivity index (χ1) is 13.7. The van der Waals surface area contributed by atoms with Gasteiger partial charge >= 0.3 is 0 Å². The number of hydrogen-bond donors (Lipinski definition) is 1. The molecular weight excluding hydrogens is 416 g/mol. The maximum Gasteiger partial charge on any atom is 0.275 e. The largest absolute Gasteiger partial charge is 0.455 e. The molecule has 150 valence electrons. The fourth-order valence-corrected chi connectivity index (χ4v) is 3.90. The van der Waals surface area contributed by atoms with Gasteiger partial charge in [0.2, 0.25) is 0 Å². The average Bonchev–Trinajstić information content (AvgIpc) is 2.64. The molecule has 0 atom stereocenters. The standard InChI is InChI=1S/C20H17ClN2O5S/c1-13-6-8-18(9-7-13)29(26,27)22-15-10-16(23(24)25)12-17(11-15)28-20-14(2)4-3-5-19(20)21/h3-12,22H,1-2H3. The fraction of sp³-hybridized carbons (Fsp3) is 0.100. The van der Waals surface area contributed by atoms with E-state index < -0.39 is 14.9 Å². The smallest absolute Gasteiger partial charge is 0.275 e. The number of non-ortho nitro benzene ring substituents is 1. The predicted octanol–water partition coefficient (Wildman–Crippen LogP) is 5.46. The van der Waals surface area contributed by atoms with Gasteiger partial charge in [0.1, 0.15) is 11.5 Å². The van der Waals surface area contributed by atoms with E-state index in [0.29, 0.717) is 10.8 Å². The molecule has 0 fully saturated rings. The van der Waals surface area contributed by atoms with E-state index in [9.17, 15) is 18.5 Å². The van der Waals surface area contributed by atoms with Crippen molar-refractivity contribution < 1.29 is 18.1 Å². The van der Waals surface area contributed by atoms with Crippen LogP contribution in [0.15, 0.2) is 65.6 Å². The Hall–Kier alpha value is -3.10. The van der Waals surface area contributed by atoms with Gasteiger partial charge in [0.25, 0.3) is 15.7 Å². The normalized spacial score (nSPS) is 11.1. The van der Waals surface area contributed by atoms with E-state index in [1.807, 2.05) is 6.92 Å². The third-order valence-corrected chi connectivity index (χ3v) is 5.76. The summed E-state index contributed by atoms with van der Waals surface area (Å²) >= 11 is 6.15. The van der Waals surface area contributed by atoms with Crippen LogP contribution in [0.4, 0.5) is 11.4 Å². The van der Waals surface area contributed by atoms with Crippen LogP contribution >= 0.6 is 11.6 Å². The van der Waals surface area contributed by atoms with Crippen LogP contribution in [-0.2, 0) is 10.0 Å². The number of benzene rings is 3. The lowest BCUT2D eigenvalue weighted by Crippen LogP contribution is -2.13. The number of nitrogens with one attached hydrogen (secondary N) is 1. The summed E-state index contributed by atoms with van der Waals surface area (Å²) in [5.74, 6) is 0.416. The van der Waals surface area contributed by atoms with E-state index in [1.54, 1.807) is 37.3 Å². The first-order valence-corrected chi connectivity index (χ1v) is 10.3. The van der Waals surface area contributed by atoms with Crippen molar-refractivity contribution in [2.24, 2.45) is 0 Å². The minimum Gasteiger partial charge on any atom is -0.455 e. The number of aryl methyl sites for hydroxylation is 2. The molecule has 0 saturated heterocycles. The molecule has 3 rings (SSSR count). The minimum absolute atomic E-state index is 0.000480. The van der Waals surface area contributed by atoms with Crippen molar-refractivity contribution in [3.8, 4) is 11.5 Å². The van der Waals surface area contributed by atoms with Crippen molar-refractivity contribution in [3.05, 3.63) is 86.9 Å². The summed E-state index contributed by atoms with van der Waals surface area (Å²) in [6.45, 7) is 3.62. The van der Waals surface area contributed by atoms with Crippen molar-refractivity contribution in [1.29, 1.82) is 0 Å². The van der Waals surface area contributed by atoms with E-state index in [0.717, 1.165) is 17.2 Å². The Morgan fingerprint density at radius 3 is 2.34 bits per heavy atom. The number of anilines is 1. The zero-order valence-electron chi connectivity index (χ0n) is 15.5. The van der Waals surface area contributed by atoms with E-state index >= 15 is 0 Å². The Morgan fingerprint density at radius 2 is 1.72 bits per heavy atom. The Bertz CT molecular complexity index is 1160. The zero-order valence-corrected chi connectivity index (χ0v) is 17.1. The van der Waals surface area contributed by atoms with Crippen molar-refractivity contribution in [3.63, 3.8) is 0 Å². The number of nitrogens with zero attached hydrogens (tertiary/aromatic N) is 1. The van der Waals surface area contributed by atoms with Gasteiger partial charge in [0.05, 0.1) is 26.6 Å². The maximum atomic E-state index is 12.6. The van der Waals surface area contributed by atoms with Crippen LogP contribution in [-0.4, -0.2) is 13.3 Å². The van der Waals surface area contributed by atoms with Gasteiger partial charge < -0.3 is 4.74 Å². The number of hydrogen-bond acceptors (Lipinski definition) is 5. The van der Waals surface area contributed by atoms with Crippen molar-refractivity contribution in [1.82, 2.24) is 0 Å². The molecule has 29 heavy (non-hydrogen) atoms. The third-order valence-electron chi connectivity index (χ3n) is 4.07. The molecule has 0 aliphatic carbocycles. The van der Waals surface area contributed by atoms with Crippen LogP contribution in [0.3, 0.4) is 0 Å². The van der Waals surface area contributed by atoms with Gasteiger partial charge in [-0.25, -0.2) is 8.42 Å². The lowest BCUT2D eigenvalue weighted by atomic mass is 10.2. The highest BCUT2D eigenvalue weighted by atomic mass is 35.5. The molecule has 0 radical (unpaired) electrons. The number of halogens is 1. The van der Waals surface area contributed by atoms with Gasteiger partial charge in [0.15, 0.2) is 0 Å². The molecule has 7 nitrogen and oxygen atoms in total. The second-order valence-electron chi connectivity index (χ2n) is 6.38. The number of ether oxygens (including phenoxy) is 1. The lowest BCUT2D eigenvalue weighted by Gasteiger charge is -2.13. The summed E-state index contributed by atoms with van der Waals surface area (Å²) < 4.78 is 33.4. The number of nitro groups is 1. The molecule has 0 unspecified atom stereocenters. The predicted molar refractivity (Wildman–Crippen MR) is 111 cm³/mol. The van der Waals surface area contributed by atoms with E-state index in [1.165, 1.54) is 24.3 Å². The highest BCUT2D eigenvalue weighted by molar-refractivity contribution is 7.92. The van der Waals surface area contributed by atoms with E-state index in [2.05, 4.69) is 4.72 Å². The first-order valence-electron chi connectivity index (χ1n) is 8.48. The van der Waals surface area contributed by atoms with E-state index in [-0.39, 0.29) is 22.0 Å². The highest BCUT2D eigenvalue weighted by Crippen LogP contribution is 2.35. The van der Waals surface area contributed by atoms with Gasteiger partial charge in [-0.3, -0.25) is 14.8 Å². The van der Waals surface area contributed by atoms with Crippen LogP contribution in [0.1, 0.15) is 11.1 Å². The van der Waals surface area contributed by atoms with Gasteiger partial charge in [0, 0.05) is 12.1 Å². The molecular formula is C20H17ClN2O5S. The summed E-state index contributed by atoms with van der Waals surface area (Å²) in [7, 11) is -3.93. The third kappa shape index (κ3) is 4.85. The second kappa shape index (κ2) is 8.10. The summed E-state index contributed by atoms with van der Waals surface area (Å²) in [5, 5.41) is 11.6. The summed E-state index contributed by atoms with van der Waals surface area (Å²) in [6.07, 6.45) is 0. The molecule has 1 N–H and O–H groups in total. The quantitative estimate of drug-likeness (QED) is 0.412. The highest BCUT2D eigenvalue weighted by Gasteiger charge is 2.18. The summed E-state index contributed by atoms with van der Waals surface area (Å²) in [6, 6.07) is 15.1.